The lowest BCUT2D eigenvalue weighted by Gasteiger charge is -2.34. The van der Waals surface area contributed by atoms with E-state index < -0.39 is 28.1 Å². The van der Waals surface area contributed by atoms with E-state index >= 15 is 0 Å². The third kappa shape index (κ3) is 5.03. The van der Waals surface area contributed by atoms with Crippen molar-refractivity contribution in [2.75, 3.05) is 19.7 Å². The van der Waals surface area contributed by atoms with Gasteiger partial charge in [0.15, 0.2) is 0 Å². The predicted octanol–water partition coefficient (Wildman–Crippen LogP) is 0.373. The molecular weight excluding hydrogens is 358 g/mol. The molecule has 0 bridgehead atoms. The average Bonchev–Trinajstić information content (AvgIpc) is 2.59. The Morgan fingerprint density at radius 1 is 1.23 bits per heavy atom. The number of aryl methyl sites for hydroxylation is 1. The smallest absolute Gasteiger partial charge is 0.309 e. The van der Waals surface area contributed by atoms with Crippen LogP contribution >= 0.6 is 0 Å². The molecule has 1 aliphatic rings. The maximum atomic E-state index is 12.9. The molecule has 0 aromatic heterocycles. The molecule has 2 rings (SSSR count). The Hall–Kier alpha value is -1.97. The van der Waals surface area contributed by atoms with E-state index in [1.54, 1.807) is 38.1 Å². The maximum Gasteiger partial charge on any atom is 0.309 e. The van der Waals surface area contributed by atoms with Gasteiger partial charge in [-0.3, -0.25) is 9.59 Å². The number of benzene rings is 1. The molecule has 1 aromatic carbocycles. The Bertz CT molecular complexity index is 746. The van der Waals surface area contributed by atoms with Gasteiger partial charge in [-0.2, -0.15) is 4.31 Å². The van der Waals surface area contributed by atoms with Crippen LogP contribution in [0.1, 0.15) is 25.8 Å². The number of rotatable bonds is 5. The summed E-state index contributed by atoms with van der Waals surface area (Å²) in [7, 11) is -3.76. The van der Waals surface area contributed by atoms with Gasteiger partial charge in [-0.25, -0.2) is 8.42 Å². The third-order valence-corrected chi connectivity index (χ3v) is 5.75. The van der Waals surface area contributed by atoms with Crippen molar-refractivity contribution >= 4 is 21.8 Å². The van der Waals surface area contributed by atoms with Gasteiger partial charge < -0.3 is 15.4 Å². The van der Waals surface area contributed by atoms with Gasteiger partial charge in [-0.1, -0.05) is 17.7 Å². The lowest BCUT2D eigenvalue weighted by Crippen LogP contribution is -2.53. The first-order chi connectivity index (χ1) is 12.2. The van der Waals surface area contributed by atoms with E-state index in [1.807, 2.05) is 6.92 Å². The van der Waals surface area contributed by atoms with Gasteiger partial charge in [-0.05, 0) is 39.3 Å². The van der Waals surface area contributed by atoms with Crippen molar-refractivity contribution in [1.29, 1.82) is 0 Å². The van der Waals surface area contributed by atoms with Crippen molar-refractivity contribution in [3.05, 3.63) is 29.8 Å². The normalized spacial score (nSPS) is 18.5. The zero-order valence-corrected chi connectivity index (χ0v) is 16.0. The number of amides is 2. The van der Waals surface area contributed by atoms with Crippen LogP contribution < -0.4 is 10.6 Å². The van der Waals surface area contributed by atoms with Gasteiger partial charge in [-0.15, -0.1) is 0 Å². The molecule has 8 nitrogen and oxygen atoms in total. The molecule has 26 heavy (non-hydrogen) atoms. The number of sulfonamides is 1. The number of carbonyl (C=O) groups excluding carboxylic acids is 2. The minimum atomic E-state index is -3.76. The van der Waals surface area contributed by atoms with Crippen LogP contribution in [0.15, 0.2) is 29.2 Å². The van der Waals surface area contributed by atoms with Crippen LogP contribution in [0.2, 0.25) is 0 Å². The van der Waals surface area contributed by atoms with Crippen molar-refractivity contribution in [3.8, 4) is 0 Å². The molecule has 1 fully saturated rings. The molecule has 0 aliphatic carbocycles. The quantitative estimate of drug-likeness (QED) is 0.715. The first-order valence-corrected chi connectivity index (χ1v) is 9.94. The Morgan fingerprint density at radius 3 is 2.50 bits per heavy atom. The molecule has 0 radical (unpaired) electrons. The molecule has 9 heteroatoms. The van der Waals surface area contributed by atoms with Crippen LogP contribution in [0.5, 0.6) is 0 Å². The topological polar surface area (TPSA) is 105 Å². The van der Waals surface area contributed by atoms with Gasteiger partial charge in [0, 0.05) is 12.6 Å². The zero-order chi connectivity index (χ0) is 19.3. The standard InChI is InChI=1S/C17H25N3O5S/c1-12(2)19-17(22)16(21)18-11-15-20(9-4-10-25-15)26(23,24)14-7-5-13(3)6-8-14/h5-8,12,15H,4,9-11H2,1-3H3,(H,18,21)(H,19,22)/t15-/m1/s1. The first-order valence-electron chi connectivity index (χ1n) is 8.50. The summed E-state index contributed by atoms with van der Waals surface area (Å²) < 4.78 is 32.5. The van der Waals surface area contributed by atoms with Gasteiger partial charge in [0.05, 0.1) is 18.0 Å². The van der Waals surface area contributed by atoms with Gasteiger partial charge in [0.1, 0.15) is 6.23 Å². The first kappa shape index (κ1) is 20.3. The van der Waals surface area contributed by atoms with Crippen molar-refractivity contribution in [1.82, 2.24) is 14.9 Å². The van der Waals surface area contributed by atoms with E-state index in [1.165, 1.54) is 4.31 Å². The predicted molar refractivity (Wildman–Crippen MR) is 95.7 cm³/mol. The van der Waals surface area contributed by atoms with Gasteiger partial charge in [0.25, 0.3) is 0 Å². The minimum Gasteiger partial charge on any atom is -0.360 e. The summed E-state index contributed by atoms with van der Waals surface area (Å²) in [6.07, 6.45) is -0.297. The van der Waals surface area contributed by atoms with E-state index in [0.717, 1.165) is 5.56 Å². The van der Waals surface area contributed by atoms with E-state index in [9.17, 15) is 18.0 Å². The van der Waals surface area contributed by atoms with Crippen LogP contribution in [0.25, 0.3) is 0 Å². The average molecular weight is 383 g/mol. The summed E-state index contributed by atoms with van der Waals surface area (Å²) in [5.41, 5.74) is 0.957. The Balaban J connectivity index is 2.08. The maximum absolute atomic E-state index is 12.9. The molecule has 2 amide bonds. The van der Waals surface area contributed by atoms with Gasteiger partial charge >= 0.3 is 11.8 Å². The largest absolute Gasteiger partial charge is 0.360 e. The molecule has 1 aliphatic heterocycles. The van der Waals surface area contributed by atoms with Crippen LogP contribution in [-0.2, 0) is 24.3 Å². The molecule has 1 atom stereocenters. The third-order valence-electron chi connectivity index (χ3n) is 3.85. The van der Waals surface area contributed by atoms with Crippen molar-refractivity contribution in [3.63, 3.8) is 0 Å². The number of nitrogens with zero attached hydrogens (tertiary/aromatic N) is 1. The highest BCUT2D eigenvalue weighted by Gasteiger charge is 2.34. The highest BCUT2D eigenvalue weighted by Crippen LogP contribution is 2.22. The number of ether oxygens (including phenoxy) is 1. The number of nitrogens with one attached hydrogen (secondary N) is 2. The zero-order valence-electron chi connectivity index (χ0n) is 15.2. The molecule has 0 saturated carbocycles. The van der Waals surface area contributed by atoms with Crippen molar-refractivity contribution < 1.29 is 22.7 Å². The second-order valence-corrected chi connectivity index (χ2v) is 8.34. The van der Waals surface area contributed by atoms with E-state index in [2.05, 4.69) is 10.6 Å². The van der Waals surface area contributed by atoms with Crippen LogP contribution in [0, 0.1) is 6.92 Å². The number of carbonyl (C=O) groups is 2. The Kier molecular flexibility index (Phi) is 6.74. The highest BCUT2D eigenvalue weighted by atomic mass is 32.2. The molecule has 1 heterocycles. The van der Waals surface area contributed by atoms with E-state index in [-0.39, 0.29) is 24.0 Å². The van der Waals surface area contributed by atoms with Crippen LogP contribution in [0.3, 0.4) is 0 Å². The minimum absolute atomic E-state index is 0.102. The summed E-state index contributed by atoms with van der Waals surface area (Å²) in [6, 6.07) is 6.38. The molecule has 1 aromatic rings. The van der Waals surface area contributed by atoms with Crippen LogP contribution in [-0.4, -0.2) is 56.5 Å². The van der Waals surface area contributed by atoms with Crippen molar-refractivity contribution in [2.24, 2.45) is 0 Å². The molecule has 1 saturated heterocycles. The fourth-order valence-electron chi connectivity index (χ4n) is 2.54. The molecular formula is C17H25N3O5S. The summed E-state index contributed by atoms with van der Waals surface area (Å²) in [6.45, 7) is 5.93. The highest BCUT2D eigenvalue weighted by molar-refractivity contribution is 7.89. The summed E-state index contributed by atoms with van der Waals surface area (Å²) >= 11 is 0. The SMILES string of the molecule is Cc1ccc(S(=O)(=O)N2CCCO[C@@H]2CNC(=O)C(=O)NC(C)C)cc1. The summed E-state index contributed by atoms with van der Waals surface area (Å²) in [4.78, 5) is 23.7. The number of hydrogen-bond donors (Lipinski definition) is 2. The van der Waals surface area contributed by atoms with E-state index in [4.69, 9.17) is 4.74 Å². The fraction of sp³-hybridized carbons (Fsp3) is 0.529. The van der Waals surface area contributed by atoms with E-state index in [0.29, 0.717) is 13.0 Å². The number of hydrogen-bond acceptors (Lipinski definition) is 5. The molecule has 0 spiro atoms. The lowest BCUT2D eigenvalue weighted by atomic mass is 10.2. The summed E-state index contributed by atoms with van der Waals surface area (Å²) in [5.74, 6) is -1.58. The van der Waals surface area contributed by atoms with Gasteiger partial charge in [0.2, 0.25) is 10.0 Å². The second-order valence-electron chi connectivity index (χ2n) is 6.45. The molecule has 0 unspecified atom stereocenters. The lowest BCUT2D eigenvalue weighted by molar-refractivity contribution is -0.140. The Morgan fingerprint density at radius 2 is 1.88 bits per heavy atom. The fourth-order valence-corrected chi connectivity index (χ4v) is 4.10. The Labute approximate surface area is 153 Å². The monoisotopic (exact) mass is 383 g/mol. The van der Waals surface area contributed by atoms with Crippen molar-refractivity contribution in [2.45, 2.75) is 44.4 Å². The summed E-state index contributed by atoms with van der Waals surface area (Å²) in [5, 5.41) is 4.92. The van der Waals surface area contributed by atoms with Crippen LogP contribution in [0.4, 0.5) is 0 Å². The molecule has 2 N–H and O–H groups in total. The second kappa shape index (κ2) is 8.61. The molecule has 144 valence electrons.